The van der Waals surface area contributed by atoms with Gasteiger partial charge in [0.1, 0.15) is 0 Å². The molecule has 0 unspecified atom stereocenters. The fourth-order valence-electron chi connectivity index (χ4n) is 2.38. The van der Waals surface area contributed by atoms with Gasteiger partial charge in [0, 0.05) is 16.6 Å². The van der Waals surface area contributed by atoms with Crippen molar-refractivity contribution in [2.75, 3.05) is 23.7 Å². The molecular formula is C16H13N3O3S2. The maximum absolute atomic E-state index is 12.2. The minimum absolute atomic E-state index is 0.203. The third kappa shape index (κ3) is 2.85. The Morgan fingerprint density at radius 2 is 2.08 bits per heavy atom. The number of thioether (sulfide) groups is 1. The minimum Gasteiger partial charge on any atom is -0.454 e. The zero-order valence-corrected chi connectivity index (χ0v) is 14.3. The smallest absolute Gasteiger partial charge is 0.325 e. The molecular weight excluding hydrogens is 346 g/mol. The van der Waals surface area contributed by atoms with Crippen molar-refractivity contribution in [1.82, 2.24) is 4.98 Å². The summed E-state index contributed by atoms with van der Waals surface area (Å²) in [5.41, 5.74) is 1.54. The molecule has 0 bridgehead atoms. The van der Waals surface area contributed by atoms with Gasteiger partial charge in [-0.3, -0.25) is 5.32 Å². The molecule has 1 aromatic heterocycles. The molecule has 0 spiro atoms. The van der Waals surface area contributed by atoms with E-state index in [0.29, 0.717) is 22.3 Å². The summed E-state index contributed by atoms with van der Waals surface area (Å²) in [6.45, 7) is 0.203. The Morgan fingerprint density at radius 1 is 1.21 bits per heavy atom. The number of rotatable bonds is 3. The van der Waals surface area contributed by atoms with Crippen LogP contribution in [0.3, 0.4) is 0 Å². The summed E-state index contributed by atoms with van der Waals surface area (Å²) in [5, 5.41) is 6.10. The van der Waals surface area contributed by atoms with Gasteiger partial charge in [-0.1, -0.05) is 17.4 Å². The summed E-state index contributed by atoms with van der Waals surface area (Å²) in [7, 11) is 0. The first-order valence-electron chi connectivity index (χ1n) is 7.14. The Labute approximate surface area is 146 Å². The predicted molar refractivity (Wildman–Crippen MR) is 96.6 cm³/mol. The standard InChI is InChI=1S/C16H13N3O3S2/c1-23-12-3-2-4-13-14(12)18-16(24-13)19-15(20)17-9-5-6-10-11(7-9)22-8-21-10/h2-7H,8H2,1H3,(H2,17,18,19,20). The zero-order chi connectivity index (χ0) is 16.5. The Balaban J connectivity index is 1.50. The lowest BCUT2D eigenvalue weighted by Gasteiger charge is -2.06. The van der Waals surface area contributed by atoms with Crippen molar-refractivity contribution in [1.29, 1.82) is 0 Å². The number of anilines is 2. The molecule has 0 saturated heterocycles. The molecule has 1 aliphatic rings. The molecule has 2 aromatic carbocycles. The molecule has 122 valence electrons. The fraction of sp³-hybridized carbons (Fsp3) is 0.125. The molecule has 3 aromatic rings. The van der Waals surface area contributed by atoms with Gasteiger partial charge < -0.3 is 14.8 Å². The molecule has 0 fully saturated rings. The normalized spacial score (nSPS) is 12.4. The third-order valence-electron chi connectivity index (χ3n) is 3.45. The summed E-state index contributed by atoms with van der Waals surface area (Å²) < 4.78 is 11.6. The molecule has 24 heavy (non-hydrogen) atoms. The van der Waals surface area contributed by atoms with Crippen molar-refractivity contribution in [3.63, 3.8) is 0 Å². The summed E-state index contributed by atoms with van der Waals surface area (Å²) in [4.78, 5) is 17.8. The highest BCUT2D eigenvalue weighted by Crippen LogP contribution is 2.35. The van der Waals surface area contributed by atoms with E-state index in [2.05, 4.69) is 15.6 Å². The van der Waals surface area contributed by atoms with Gasteiger partial charge >= 0.3 is 6.03 Å². The van der Waals surface area contributed by atoms with Crippen LogP contribution in [-0.4, -0.2) is 24.1 Å². The van der Waals surface area contributed by atoms with Gasteiger partial charge in [0.15, 0.2) is 16.6 Å². The van der Waals surface area contributed by atoms with E-state index < -0.39 is 0 Å². The van der Waals surface area contributed by atoms with Crippen molar-refractivity contribution in [3.05, 3.63) is 36.4 Å². The fourth-order valence-corrected chi connectivity index (χ4v) is 3.89. The zero-order valence-electron chi connectivity index (χ0n) is 12.7. The molecule has 8 heteroatoms. The highest BCUT2D eigenvalue weighted by atomic mass is 32.2. The van der Waals surface area contributed by atoms with E-state index >= 15 is 0 Å². The number of carbonyl (C=O) groups is 1. The summed E-state index contributed by atoms with van der Waals surface area (Å²) in [6, 6.07) is 10.9. The van der Waals surface area contributed by atoms with Crippen LogP contribution in [0.1, 0.15) is 0 Å². The van der Waals surface area contributed by atoms with Crippen molar-refractivity contribution < 1.29 is 14.3 Å². The number of hydrogen-bond acceptors (Lipinski definition) is 6. The number of aromatic nitrogens is 1. The summed E-state index contributed by atoms with van der Waals surface area (Å²) in [5.74, 6) is 1.30. The molecule has 6 nitrogen and oxygen atoms in total. The van der Waals surface area contributed by atoms with Crippen LogP contribution < -0.4 is 20.1 Å². The van der Waals surface area contributed by atoms with Gasteiger partial charge in [0.25, 0.3) is 0 Å². The molecule has 1 aliphatic heterocycles. The Morgan fingerprint density at radius 3 is 2.96 bits per heavy atom. The molecule has 4 rings (SSSR count). The molecule has 0 saturated carbocycles. The highest BCUT2D eigenvalue weighted by molar-refractivity contribution is 7.98. The van der Waals surface area contributed by atoms with E-state index in [1.807, 2.05) is 24.5 Å². The number of hydrogen-bond donors (Lipinski definition) is 2. The van der Waals surface area contributed by atoms with Gasteiger partial charge in [-0.05, 0) is 30.5 Å². The van der Waals surface area contributed by atoms with Gasteiger partial charge in [-0.2, -0.15) is 0 Å². The van der Waals surface area contributed by atoms with Crippen molar-refractivity contribution in [3.8, 4) is 11.5 Å². The van der Waals surface area contributed by atoms with Crippen LogP contribution >= 0.6 is 23.1 Å². The second-order valence-corrected chi connectivity index (χ2v) is 6.85. The number of fused-ring (bicyclic) bond motifs is 2. The lowest BCUT2D eigenvalue weighted by Crippen LogP contribution is -2.19. The number of ether oxygens (including phenoxy) is 2. The Kier molecular flexibility index (Phi) is 3.91. The van der Waals surface area contributed by atoms with E-state index in [4.69, 9.17) is 9.47 Å². The van der Waals surface area contributed by atoms with E-state index in [1.165, 1.54) is 11.3 Å². The van der Waals surface area contributed by atoms with E-state index in [9.17, 15) is 4.79 Å². The number of amides is 2. The number of carbonyl (C=O) groups excluding carboxylic acids is 1. The van der Waals surface area contributed by atoms with Crippen molar-refractivity contribution in [2.45, 2.75) is 4.90 Å². The quantitative estimate of drug-likeness (QED) is 0.679. The SMILES string of the molecule is CSc1cccc2sc(NC(=O)Nc3ccc4c(c3)OCO4)nc12. The van der Waals surface area contributed by atoms with Crippen LogP contribution in [0.5, 0.6) is 11.5 Å². The largest absolute Gasteiger partial charge is 0.454 e. The van der Waals surface area contributed by atoms with Crippen molar-refractivity contribution >= 4 is 50.2 Å². The molecule has 2 amide bonds. The van der Waals surface area contributed by atoms with E-state index in [0.717, 1.165) is 15.1 Å². The van der Waals surface area contributed by atoms with Gasteiger partial charge in [-0.25, -0.2) is 9.78 Å². The summed E-state index contributed by atoms with van der Waals surface area (Å²) in [6.07, 6.45) is 2.01. The highest BCUT2D eigenvalue weighted by Gasteiger charge is 2.15. The number of nitrogens with one attached hydrogen (secondary N) is 2. The Bertz CT molecular complexity index is 926. The number of thiazole rings is 1. The van der Waals surface area contributed by atoms with E-state index in [-0.39, 0.29) is 12.8 Å². The first kappa shape index (κ1) is 15.1. The van der Waals surface area contributed by atoms with Crippen LogP contribution in [-0.2, 0) is 0 Å². The lowest BCUT2D eigenvalue weighted by molar-refractivity contribution is 0.174. The average Bonchev–Trinajstić information content (AvgIpc) is 3.19. The Hall–Kier alpha value is -2.45. The molecule has 0 aliphatic carbocycles. The number of para-hydroxylation sites is 1. The first-order valence-corrected chi connectivity index (χ1v) is 9.18. The van der Waals surface area contributed by atoms with Crippen LogP contribution in [0, 0.1) is 0 Å². The summed E-state index contributed by atoms with van der Waals surface area (Å²) >= 11 is 3.08. The van der Waals surface area contributed by atoms with Gasteiger partial charge in [-0.15, -0.1) is 11.8 Å². The number of nitrogens with zero attached hydrogens (tertiary/aromatic N) is 1. The van der Waals surface area contributed by atoms with Gasteiger partial charge in [0.2, 0.25) is 6.79 Å². The topological polar surface area (TPSA) is 72.5 Å². The maximum atomic E-state index is 12.2. The van der Waals surface area contributed by atoms with Gasteiger partial charge in [0.05, 0.1) is 10.2 Å². The maximum Gasteiger partial charge on any atom is 0.325 e. The van der Waals surface area contributed by atoms with Crippen molar-refractivity contribution in [2.24, 2.45) is 0 Å². The second kappa shape index (κ2) is 6.21. The monoisotopic (exact) mass is 359 g/mol. The van der Waals surface area contributed by atoms with Crippen LogP contribution in [0.15, 0.2) is 41.3 Å². The molecule has 0 radical (unpaired) electrons. The van der Waals surface area contributed by atoms with E-state index in [1.54, 1.807) is 30.0 Å². The van der Waals surface area contributed by atoms with Crippen LogP contribution in [0.2, 0.25) is 0 Å². The number of benzene rings is 2. The molecule has 2 N–H and O–H groups in total. The first-order chi connectivity index (χ1) is 11.7. The molecule has 2 heterocycles. The minimum atomic E-state index is -0.348. The average molecular weight is 359 g/mol. The third-order valence-corrected chi connectivity index (χ3v) is 5.16. The second-order valence-electron chi connectivity index (χ2n) is 4.97. The van der Waals surface area contributed by atoms with Crippen LogP contribution in [0.25, 0.3) is 10.2 Å². The van der Waals surface area contributed by atoms with Crippen LogP contribution in [0.4, 0.5) is 15.6 Å². The lowest BCUT2D eigenvalue weighted by atomic mass is 10.3. The molecule has 0 atom stereocenters. The predicted octanol–water partition coefficient (Wildman–Crippen LogP) is 4.39. The number of urea groups is 1.